The van der Waals surface area contributed by atoms with E-state index in [0.29, 0.717) is 11.3 Å². The van der Waals surface area contributed by atoms with Gasteiger partial charge in [0, 0.05) is 40.0 Å². The number of aromatic amines is 1. The number of carbonyl (C=O) groups excluding carboxylic acids is 2. The van der Waals surface area contributed by atoms with Gasteiger partial charge in [-0.3, -0.25) is 10.1 Å². The van der Waals surface area contributed by atoms with E-state index < -0.39 is 6.09 Å². The fourth-order valence-corrected chi connectivity index (χ4v) is 3.54. The number of methoxy groups -OCH3 is 2. The zero-order chi connectivity index (χ0) is 22.0. The third-order valence-electron chi connectivity index (χ3n) is 5.08. The molecule has 156 valence electrons. The van der Waals surface area contributed by atoms with Crippen molar-refractivity contribution in [1.82, 2.24) is 9.97 Å². The summed E-state index contributed by atoms with van der Waals surface area (Å²) in [6.45, 7) is 1.45. The van der Waals surface area contributed by atoms with Gasteiger partial charge in [-0.25, -0.2) is 9.78 Å². The van der Waals surface area contributed by atoms with Crippen molar-refractivity contribution >= 4 is 28.6 Å². The van der Waals surface area contributed by atoms with Crippen LogP contribution >= 0.6 is 0 Å². The summed E-state index contributed by atoms with van der Waals surface area (Å²) < 4.78 is 10.1. The van der Waals surface area contributed by atoms with Crippen LogP contribution in [0, 0.1) is 0 Å². The maximum atomic E-state index is 12.2. The highest BCUT2D eigenvalue weighted by Crippen LogP contribution is 2.36. The Morgan fingerprint density at radius 2 is 1.81 bits per heavy atom. The van der Waals surface area contributed by atoms with Crippen molar-refractivity contribution in [3.63, 3.8) is 0 Å². The van der Waals surface area contributed by atoms with Gasteiger partial charge in [0.25, 0.3) is 0 Å². The van der Waals surface area contributed by atoms with Crippen LogP contribution in [0.3, 0.4) is 0 Å². The van der Waals surface area contributed by atoms with Crippen molar-refractivity contribution in [2.24, 2.45) is 0 Å². The first-order valence-corrected chi connectivity index (χ1v) is 9.62. The normalized spacial score (nSPS) is 10.7. The quantitative estimate of drug-likeness (QED) is 0.432. The maximum absolute atomic E-state index is 12.2. The topological polar surface area (TPSA) is 93.3 Å². The molecule has 4 aromatic rings. The van der Waals surface area contributed by atoms with Crippen LogP contribution in [-0.2, 0) is 4.74 Å². The van der Waals surface area contributed by atoms with E-state index >= 15 is 0 Å². The number of nitrogens with one attached hydrogen (secondary N) is 2. The van der Waals surface area contributed by atoms with Gasteiger partial charge in [-0.15, -0.1) is 0 Å². The second kappa shape index (κ2) is 8.31. The number of para-hydroxylation sites is 1. The number of anilines is 1. The Morgan fingerprint density at radius 3 is 2.55 bits per heavy atom. The molecule has 1 amide bonds. The number of ether oxygens (including phenoxy) is 2. The molecule has 0 saturated heterocycles. The van der Waals surface area contributed by atoms with Crippen molar-refractivity contribution in [1.29, 1.82) is 0 Å². The Labute approximate surface area is 179 Å². The van der Waals surface area contributed by atoms with E-state index in [2.05, 4.69) is 20.0 Å². The van der Waals surface area contributed by atoms with Gasteiger partial charge in [0.15, 0.2) is 5.78 Å². The standard InChI is InChI=1S/C24H21N3O4/c1-14(28)18-10-15(8-9-21(18)27-24(29)31-3)16-11-19-20(13-26-23(19)25-12-16)17-6-4-5-7-22(17)30-2/h4-13H,1-3H3,(H,25,26)(H,27,29). The number of aromatic nitrogens is 2. The molecule has 0 aliphatic heterocycles. The first-order chi connectivity index (χ1) is 15.0. The monoisotopic (exact) mass is 415 g/mol. The lowest BCUT2D eigenvalue weighted by Crippen LogP contribution is -2.13. The highest BCUT2D eigenvalue weighted by Gasteiger charge is 2.15. The second-order valence-corrected chi connectivity index (χ2v) is 6.96. The molecule has 0 saturated carbocycles. The molecule has 2 aromatic heterocycles. The number of hydrogen-bond donors (Lipinski definition) is 2. The smallest absolute Gasteiger partial charge is 0.411 e. The van der Waals surface area contributed by atoms with Gasteiger partial charge in [0.1, 0.15) is 11.4 Å². The average molecular weight is 415 g/mol. The van der Waals surface area contributed by atoms with Crippen LogP contribution in [0.2, 0.25) is 0 Å². The largest absolute Gasteiger partial charge is 0.496 e. The van der Waals surface area contributed by atoms with Crippen molar-refractivity contribution in [3.05, 3.63) is 66.5 Å². The third kappa shape index (κ3) is 3.85. The molecule has 0 radical (unpaired) electrons. The highest BCUT2D eigenvalue weighted by atomic mass is 16.5. The minimum atomic E-state index is -0.632. The number of hydrogen-bond acceptors (Lipinski definition) is 5. The molecule has 0 aliphatic rings. The van der Waals surface area contributed by atoms with Crippen LogP contribution in [0.1, 0.15) is 17.3 Å². The molecular formula is C24H21N3O4. The fourth-order valence-electron chi connectivity index (χ4n) is 3.54. The molecule has 4 rings (SSSR count). The number of H-pyrrole nitrogens is 1. The number of nitrogens with zero attached hydrogens (tertiary/aromatic N) is 1. The first kappa shape index (κ1) is 20.2. The molecule has 0 unspecified atom stereocenters. The Morgan fingerprint density at radius 1 is 1.00 bits per heavy atom. The third-order valence-corrected chi connectivity index (χ3v) is 5.08. The molecule has 7 heteroatoms. The molecule has 0 spiro atoms. The molecule has 0 fully saturated rings. The lowest BCUT2D eigenvalue weighted by molar-refractivity contribution is 0.101. The molecule has 7 nitrogen and oxygen atoms in total. The van der Waals surface area contributed by atoms with E-state index in [0.717, 1.165) is 39.0 Å². The van der Waals surface area contributed by atoms with Crippen LogP contribution in [0.4, 0.5) is 10.5 Å². The summed E-state index contributed by atoms with van der Waals surface area (Å²) in [5, 5.41) is 3.51. The average Bonchev–Trinajstić information content (AvgIpc) is 3.22. The predicted octanol–water partition coefficient (Wildman–Crippen LogP) is 5.29. The summed E-state index contributed by atoms with van der Waals surface area (Å²) in [6.07, 6.45) is 3.02. The highest BCUT2D eigenvalue weighted by molar-refractivity contribution is 6.04. The van der Waals surface area contributed by atoms with Crippen LogP contribution < -0.4 is 10.1 Å². The zero-order valence-electron chi connectivity index (χ0n) is 17.4. The Balaban J connectivity index is 1.81. The van der Waals surface area contributed by atoms with Crippen LogP contribution in [0.25, 0.3) is 33.3 Å². The number of amides is 1. The molecule has 0 aliphatic carbocycles. The zero-order valence-corrected chi connectivity index (χ0v) is 17.4. The molecule has 2 N–H and O–H groups in total. The van der Waals surface area contributed by atoms with E-state index in [1.165, 1.54) is 14.0 Å². The molecule has 0 atom stereocenters. The molecule has 31 heavy (non-hydrogen) atoms. The number of benzene rings is 2. The van der Waals surface area contributed by atoms with Gasteiger partial charge in [0.05, 0.1) is 19.9 Å². The minimum Gasteiger partial charge on any atom is -0.496 e. The van der Waals surface area contributed by atoms with Crippen molar-refractivity contribution < 1.29 is 19.1 Å². The summed E-state index contributed by atoms with van der Waals surface area (Å²) in [7, 11) is 2.92. The molecular weight excluding hydrogens is 394 g/mol. The number of fused-ring (bicyclic) bond motifs is 1. The predicted molar refractivity (Wildman–Crippen MR) is 120 cm³/mol. The van der Waals surface area contributed by atoms with Gasteiger partial charge in [-0.2, -0.15) is 0 Å². The number of ketones is 1. The number of pyridine rings is 1. The lowest BCUT2D eigenvalue weighted by Gasteiger charge is -2.11. The van der Waals surface area contributed by atoms with E-state index in [1.54, 1.807) is 25.4 Å². The number of Topliss-reactive ketones (excluding diaryl/α,β-unsaturated/α-hetero) is 1. The first-order valence-electron chi connectivity index (χ1n) is 9.62. The summed E-state index contributed by atoms with van der Waals surface area (Å²) in [5.41, 5.74) is 5.11. The summed E-state index contributed by atoms with van der Waals surface area (Å²) >= 11 is 0. The summed E-state index contributed by atoms with van der Waals surface area (Å²) in [5.74, 6) is 0.601. The summed E-state index contributed by atoms with van der Waals surface area (Å²) in [4.78, 5) is 31.5. The lowest BCUT2D eigenvalue weighted by atomic mass is 9.99. The maximum Gasteiger partial charge on any atom is 0.411 e. The van der Waals surface area contributed by atoms with E-state index in [4.69, 9.17) is 4.74 Å². The Hall–Kier alpha value is -4.13. The number of rotatable bonds is 5. The van der Waals surface area contributed by atoms with Gasteiger partial charge < -0.3 is 14.5 Å². The van der Waals surface area contributed by atoms with Gasteiger partial charge in [0.2, 0.25) is 0 Å². The second-order valence-electron chi connectivity index (χ2n) is 6.96. The van der Waals surface area contributed by atoms with E-state index in [9.17, 15) is 9.59 Å². The van der Waals surface area contributed by atoms with E-state index in [1.807, 2.05) is 42.6 Å². The van der Waals surface area contributed by atoms with E-state index in [-0.39, 0.29) is 5.78 Å². The minimum absolute atomic E-state index is 0.168. The van der Waals surface area contributed by atoms with Crippen LogP contribution in [0.5, 0.6) is 5.75 Å². The SMILES string of the molecule is COC(=O)Nc1ccc(-c2cnc3[nH]cc(-c4ccccc4OC)c3c2)cc1C(C)=O. The van der Waals surface area contributed by atoms with Gasteiger partial charge in [-0.1, -0.05) is 24.3 Å². The summed E-state index contributed by atoms with van der Waals surface area (Å²) in [6, 6.07) is 15.1. The molecule has 2 aromatic carbocycles. The van der Waals surface area contributed by atoms with Gasteiger partial charge in [-0.05, 0) is 36.8 Å². The van der Waals surface area contributed by atoms with Crippen LogP contribution in [0.15, 0.2) is 60.9 Å². The molecule has 2 heterocycles. The van der Waals surface area contributed by atoms with Crippen molar-refractivity contribution in [3.8, 4) is 28.0 Å². The van der Waals surface area contributed by atoms with Gasteiger partial charge >= 0.3 is 6.09 Å². The fraction of sp³-hybridized carbons (Fsp3) is 0.125. The van der Waals surface area contributed by atoms with Crippen molar-refractivity contribution in [2.45, 2.75) is 6.92 Å². The molecule has 0 bridgehead atoms. The van der Waals surface area contributed by atoms with Crippen LogP contribution in [-0.4, -0.2) is 36.1 Å². The Bertz CT molecular complexity index is 1290. The number of carbonyl (C=O) groups is 2. The Kier molecular flexibility index (Phi) is 5.41. The van der Waals surface area contributed by atoms with Crippen molar-refractivity contribution in [2.75, 3.05) is 19.5 Å².